The molecule has 4 rings (SSSR count). The minimum atomic E-state index is -4.67. The van der Waals surface area contributed by atoms with E-state index < -0.39 is 27.2 Å². The van der Waals surface area contributed by atoms with Crippen LogP contribution in [0.1, 0.15) is 25.1 Å². The van der Waals surface area contributed by atoms with Crippen LogP contribution >= 0.6 is 11.6 Å². The van der Waals surface area contributed by atoms with Gasteiger partial charge in [-0.05, 0) is 55.3 Å². The lowest BCUT2D eigenvalue weighted by atomic mass is 10.0. The average Bonchev–Trinajstić information content (AvgIpc) is 3.24. The SMILES string of the molecule is CC(C)(O)c1cc(-c2ccc(-c3cccc(S(C)(=O)=O)c3)cc2Cl)n(-c2cnccc2C(F)(F)F)n1. The number of aliphatic hydroxyl groups is 1. The van der Waals surface area contributed by atoms with Crippen LogP contribution in [-0.2, 0) is 21.6 Å². The summed E-state index contributed by atoms with van der Waals surface area (Å²) in [5.74, 6) is 0. The van der Waals surface area contributed by atoms with Crippen LogP contribution in [0.4, 0.5) is 13.2 Å². The molecule has 0 aliphatic carbocycles. The highest BCUT2D eigenvalue weighted by molar-refractivity contribution is 7.90. The molecule has 0 aliphatic heterocycles. The standard InChI is InChI=1S/C25H21ClF3N3O3S/c1-24(2,33)23-13-21(32(31-23)22-14-30-10-9-19(22)25(27,28)29)18-8-7-16(12-20(18)26)15-5-4-6-17(11-15)36(3,34)35/h4-14,33H,1-3H3. The molecular formula is C25H21ClF3N3O3S. The van der Waals surface area contributed by atoms with Gasteiger partial charge in [0.1, 0.15) is 5.60 Å². The van der Waals surface area contributed by atoms with Crippen molar-refractivity contribution in [3.63, 3.8) is 0 Å². The van der Waals surface area contributed by atoms with Crippen molar-refractivity contribution in [2.24, 2.45) is 0 Å². The van der Waals surface area contributed by atoms with Crippen LogP contribution in [-0.4, -0.2) is 34.5 Å². The number of nitrogens with zero attached hydrogens (tertiary/aromatic N) is 3. The van der Waals surface area contributed by atoms with Crippen molar-refractivity contribution < 1.29 is 26.7 Å². The highest BCUT2D eigenvalue weighted by atomic mass is 35.5. The Hall–Kier alpha value is -3.21. The van der Waals surface area contributed by atoms with Crippen molar-refractivity contribution in [1.29, 1.82) is 0 Å². The van der Waals surface area contributed by atoms with E-state index in [1.807, 2.05) is 0 Å². The maximum Gasteiger partial charge on any atom is 0.418 e. The fourth-order valence-electron chi connectivity index (χ4n) is 3.66. The smallest absolute Gasteiger partial charge is 0.384 e. The Morgan fingerprint density at radius 2 is 1.69 bits per heavy atom. The van der Waals surface area contributed by atoms with Crippen LogP contribution in [0, 0.1) is 0 Å². The number of sulfone groups is 1. The molecule has 4 aromatic rings. The normalized spacial score (nSPS) is 12.7. The lowest BCUT2D eigenvalue weighted by Crippen LogP contribution is -2.17. The van der Waals surface area contributed by atoms with E-state index >= 15 is 0 Å². The van der Waals surface area contributed by atoms with Gasteiger partial charge in [0.25, 0.3) is 0 Å². The first-order valence-corrected chi connectivity index (χ1v) is 12.9. The van der Waals surface area contributed by atoms with Gasteiger partial charge in [0.05, 0.1) is 38.8 Å². The molecule has 0 radical (unpaired) electrons. The zero-order valence-corrected chi connectivity index (χ0v) is 20.9. The lowest BCUT2D eigenvalue weighted by molar-refractivity contribution is -0.137. The number of aromatic nitrogens is 3. The van der Waals surface area contributed by atoms with Gasteiger partial charge >= 0.3 is 6.18 Å². The first-order valence-electron chi connectivity index (χ1n) is 10.6. The molecule has 0 spiro atoms. The van der Waals surface area contributed by atoms with E-state index in [0.717, 1.165) is 29.4 Å². The third-order valence-electron chi connectivity index (χ3n) is 5.51. The summed E-state index contributed by atoms with van der Waals surface area (Å²) in [5, 5.41) is 15.0. The van der Waals surface area contributed by atoms with Crippen LogP contribution in [0.15, 0.2) is 71.9 Å². The summed E-state index contributed by atoms with van der Waals surface area (Å²) in [6, 6.07) is 13.5. The molecule has 0 saturated carbocycles. The van der Waals surface area contributed by atoms with Crippen LogP contribution in [0.2, 0.25) is 5.02 Å². The summed E-state index contributed by atoms with van der Waals surface area (Å²) in [5.41, 5.74) is -0.795. The van der Waals surface area contributed by atoms with Crippen LogP contribution < -0.4 is 0 Å². The van der Waals surface area contributed by atoms with E-state index in [0.29, 0.717) is 16.7 Å². The van der Waals surface area contributed by atoms with Crippen molar-refractivity contribution in [3.8, 4) is 28.1 Å². The molecule has 1 N–H and O–H groups in total. The summed E-state index contributed by atoms with van der Waals surface area (Å²) >= 11 is 6.60. The van der Waals surface area contributed by atoms with Crippen molar-refractivity contribution in [3.05, 3.63) is 83.3 Å². The first kappa shape index (κ1) is 25.9. The minimum absolute atomic E-state index is 0.135. The van der Waals surface area contributed by atoms with E-state index in [2.05, 4.69) is 10.1 Å². The molecule has 2 heterocycles. The molecular weight excluding hydrogens is 515 g/mol. The highest BCUT2D eigenvalue weighted by Crippen LogP contribution is 2.39. The third-order valence-corrected chi connectivity index (χ3v) is 6.93. The van der Waals surface area contributed by atoms with Gasteiger partial charge in [0, 0.05) is 18.0 Å². The van der Waals surface area contributed by atoms with E-state index in [1.54, 1.807) is 30.3 Å². The fraction of sp³-hybridized carbons (Fsp3) is 0.200. The van der Waals surface area contributed by atoms with Crippen LogP contribution in [0.25, 0.3) is 28.1 Å². The van der Waals surface area contributed by atoms with Gasteiger partial charge in [-0.2, -0.15) is 18.3 Å². The molecule has 11 heteroatoms. The summed E-state index contributed by atoms with van der Waals surface area (Å²) < 4.78 is 66.2. The molecule has 2 aromatic heterocycles. The highest BCUT2D eigenvalue weighted by Gasteiger charge is 2.35. The second-order valence-corrected chi connectivity index (χ2v) is 11.2. The van der Waals surface area contributed by atoms with Gasteiger partial charge in [-0.3, -0.25) is 4.98 Å². The number of halogens is 4. The van der Waals surface area contributed by atoms with Gasteiger partial charge in [0.2, 0.25) is 0 Å². The molecule has 0 saturated heterocycles. The number of rotatable bonds is 5. The number of hydrogen-bond acceptors (Lipinski definition) is 5. The number of benzene rings is 2. The van der Waals surface area contributed by atoms with Crippen LogP contribution in [0.5, 0.6) is 0 Å². The molecule has 6 nitrogen and oxygen atoms in total. The van der Waals surface area contributed by atoms with Gasteiger partial charge in [-0.25, -0.2) is 13.1 Å². The number of alkyl halides is 3. The Morgan fingerprint density at radius 3 is 2.31 bits per heavy atom. The predicted molar refractivity (Wildman–Crippen MR) is 131 cm³/mol. The van der Waals surface area contributed by atoms with E-state index in [-0.39, 0.29) is 27.0 Å². The van der Waals surface area contributed by atoms with Crippen molar-refractivity contribution in [2.45, 2.75) is 30.5 Å². The monoisotopic (exact) mass is 535 g/mol. The second kappa shape index (κ2) is 9.02. The topological polar surface area (TPSA) is 85.1 Å². The quantitative estimate of drug-likeness (QED) is 0.344. The summed E-state index contributed by atoms with van der Waals surface area (Å²) in [7, 11) is -3.42. The van der Waals surface area contributed by atoms with Gasteiger partial charge in [-0.1, -0.05) is 35.9 Å². The molecule has 0 atom stereocenters. The second-order valence-electron chi connectivity index (χ2n) is 8.77. The third kappa shape index (κ3) is 5.16. The molecule has 0 bridgehead atoms. The summed E-state index contributed by atoms with van der Waals surface area (Å²) in [6.07, 6.45) is -1.48. The number of hydrogen-bond donors (Lipinski definition) is 1. The maximum absolute atomic E-state index is 13.8. The van der Waals surface area contributed by atoms with Gasteiger partial charge in [0.15, 0.2) is 9.84 Å². The molecule has 36 heavy (non-hydrogen) atoms. The largest absolute Gasteiger partial charge is 0.418 e. The van der Waals surface area contributed by atoms with Crippen molar-refractivity contribution in [2.75, 3.05) is 6.26 Å². The van der Waals surface area contributed by atoms with E-state index in [9.17, 15) is 26.7 Å². The van der Waals surface area contributed by atoms with Gasteiger partial charge in [-0.15, -0.1) is 0 Å². The average molecular weight is 536 g/mol. The van der Waals surface area contributed by atoms with Crippen molar-refractivity contribution >= 4 is 21.4 Å². The Balaban J connectivity index is 1.90. The Bertz CT molecular complexity index is 1560. The maximum atomic E-state index is 13.8. The first-order chi connectivity index (χ1) is 16.7. The number of pyridine rings is 1. The Morgan fingerprint density at radius 1 is 1.00 bits per heavy atom. The van der Waals surface area contributed by atoms with Gasteiger partial charge < -0.3 is 5.11 Å². The summed E-state index contributed by atoms with van der Waals surface area (Å²) in [4.78, 5) is 3.98. The van der Waals surface area contributed by atoms with E-state index in [1.165, 1.54) is 32.0 Å². The molecule has 0 aliphatic rings. The van der Waals surface area contributed by atoms with Crippen molar-refractivity contribution in [1.82, 2.24) is 14.8 Å². The molecule has 188 valence electrons. The fourth-order valence-corrected chi connectivity index (χ4v) is 4.60. The zero-order valence-electron chi connectivity index (χ0n) is 19.4. The minimum Gasteiger partial charge on any atom is -0.384 e. The zero-order chi connectivity index (χ0) is 26.5. The molecule has 2 aromatic carbocycles. The van der Waals surface area contributed by atoms with Crippen LogP contribution in [0.3, 0.4) is 0 Å². The Kier molecular flexibility index (Phi) is 6.48. The Labute approximate surface area is 210 Å². The lowest BCUT2D eigenvalue weighted by Gasteiger charge is -2.16. The molecule has 0 fully saturated rings. The molecule has 0 amide bonds. The van der Waals surface area contributed by atoms with E-state index in [4.69, 9.17) is 11.6 Å². The molecule has 0 unspecified atom stereocenters. The summed E-state index contributed by atoms with van der Waals surface area (Å²) in [6.45, 7) is 2.94. The predicted octanol–water partition coefficient (Wildman–Crippen LogP) is 5.90.